The predicted octanol–water partition coefficient (Wildman–Crippen LogP) is 3.27. The van der Waals surface area contributed by atoms with Gasteiger partial charge in [-0.15, -0.1) is 0 Å². The summed E-state index contributed by atoms with van der Waals surface area (Å²) in [7, 11) is 0. The van der Waals surface area contributed by atoms with Gasteiger partial charge in [0.2, 0.25) is 0 Å². The maximum atomic E-state index is 9.05. The normalized spacial score (nSPS) is 11.1. The Labute approximate surface area is 98.4 Å². The molecule has 0 aliphatic heterocycles. The Bertz CT molecular complexity index is 323. The van der Waals surface area contributed by atoms with Crippen molar-refractivity contribution in [2.24, 2.45) is 0 Å². The van der Waals surface area contributed by atoms with Gasteiger partial charge in [-0.3, -0.25) is 0 Å². The van der Waals surface area contributed by atoms with Crippen molar-refractivity contribution in [3.8, 4) is 0 Å². The highest BCUT2D eigenvalue weighted by atomic mass is 79.9. The summed E-state index contributed by atoms with van der Waals surface area (Å²) in [5.41, 5.74) is 2.03. The topological polar surface area (TPSA) is 20.2 Å². The van der Waals surface area contributed by atoms with Crippen LogP contribution in [0.15, 0.2) is 28.7 Å². The molecule has 0 aromatic heterocycles. The van der Waals surface area contributed by atoms with E-state index in [4.69, 9.17) is 5.11 Å². The highest BCUT2D eigenvalue weighted by molar-refractivity contribution is 9.10. The summed E-state index contributed by atoms with van der Waals surface area (Å²) in [6.45, 7) is 0.0643. The number of hydrogen-bond donors (Lipinski definition) is 2. The second kappa shape index (κ2) is 6.27. The first kappa shape index (κ1) is 11.8. The summed E-state index contributed by atoms with van der Waals surface area (Å²) < 4.78 is 0.950. The van der Waals surface area contributed by atoms with Gasteiger partial charge in [0.05, 0.1) is 6.61 Å². The lowest BCUT2D eigenvalue weighted by atomic mass is 10.1. The molecule has 3 heteroatoms. The van der Waals surface area contributed by atoms with E-state index in [0.717, 1.165) is 27.8 Å². The van der Waals surface area contributed by atoms with Gasteiger partial charge < -0.3 is 5.11 Å². The van der Waals surface area contributed by atoms with Gasteiger partial charge in [-0.25, -0.2) is 0 Å². The second-order valence-corrected chi connectivity index (χ2v) is 4.23. The summed E-state index contributed by atoms with van der Waals surface area (Å²) in [6.07, 6.45) is 5.09. The van der Waals surface area contributed by atoms with E-state index in [2.05, 4.69) is 34.6 Å². The molecule has 0 spiro atoms. The zero-order valence-electron chi connectivity index (χ0n) is 7.78. The lowest BCUT2D eigenvalue weighted by Crippen LogP contribution is -1.85. The first-order chi connectivity index (χ1) is 6.77. The van der Waals surface area contributed by atoms with E-state index in [1.54, 1.807) is 0 Å². The van der Waals surface area contributed by atoms with Crippen LogP contribution in [0.2, 0.25) is 0 Å². The Morgan fingerprint density at radius 3 is 2.86 bits per heavy atom. The fourth-order valence-corrected chi connectivity index (χ4v) is 1.63. The van der Waals surface area contributed by atoms with Crippen molar-refractivity contribution in [2.75, 3.05) is 5.75 Å². The molecule has 14 heavy (non-hydrogen) atoms. The zero-order valence-corrected chi connectivity index (χ0v) is 10.3. The fourth-order valence-electron chi connectivity index (χ4n) is 1.11. The minimum absolute atomic E-state index is 0.0643. The van der Waals surface area contributed by atoms with Gasteiger partial charge in [0, 0.05) is 4.47 Å². The molecule has 1 N–H and O–H groups in total. The van der Waals surface area contributed by atoms with E-state index >= 15 is 0 Å². The lowest BCUT2D eigenvalue weighted by Gasteiger charge is -2.01. The molecule has 0 unspecified atom stereocenters. The molecule has 0 aliphatic rings. The molecule has 0 bridgehead atoms. The molecule has 0 heterocycles. The van der Waals surface area contributed by atoms with Crippen LogP contribution in [-0.4, -0.2) is 10.9 Å². The first-order valence-corrected chi connectivity index (χ1v) is 5.87. The van der Waals surface area contributed by atoms with Crippen molar-refractivity contribution < 1.29 is 5.11 Å². The van der Waals surface area contributed by atoms with Crippen molar-refractivity contribution >= 4 is 34.6 Å². The lowest BCUT2D eigenvalue weighted by molar-refractivity contribution is 0.281. The molecule has 0 saturated heterocycles. The van der Waals surface area contributed by atoms with E-state index in [9.17, 15) is 0 Å². The highest BCUT2D eigenvalue weighted by Crippen LogP contribution is 2.19. The molecule has 0 fully saturated rings. The van der Waals surface area contributed by atoms with E-state index in [1.807, 2.05) is 24.3 Å². The second-order valence-electron chi connectivity index (χ2n) is 2.92. The quantitative estimate of drug-likeness (QED) is 0.807. The Balaban J connectivity index is 2.79. The molecule has 1 aromatic rings. The number of aliphatic hydroxyl groups excluding tert-OH is 1. The largest absolute Gasteiger partial charge is 0.392 e. The van der Waals surface area contributed by atoms with Crippen molar-refractivity contribution in [1.29, 1.82) is 0 Å². The van der Waals surface area contributed by atoms with Gasteiger partial charge in [-0.1, -0.05) is 34.1 Å². The minimum Gasteiger partial charge on any atom is -0.392 e. The minimum atomic E-state index is 0.0643. The molecule has 0 atom stereocenters. The third-order valence-electron chi connectivity index (χ3n) is 1.85. The summed E-state index contributed by atoms with van der Waals surface area (Å²) in [4.78, 5) is 0. The van der Waals surface area contributed by atoms with Crippen LogP contribution in [-0.2, 0) is 6.61 Å². The van der Waals surface area contributed by atoms with Crippen molar-refractivity contribution in [2.45, 2.75) is 13.0 Å². The van der Waals surface area contributed by atoms with Gasteiger partial charge in [0.1, 0.15) is 0 Å². The van der Waals surface area contributed by atoms with E-state index < -0.39 is 0 Å². The number of benzene rings is 1. The average molecular weight is 273 g/mol. The molecule has 76 valence electrons. The first-order valence-electron chi connectivity index (χ1n) is 4.44. The van der Waals surface area contributed by atoms with Crippen LogP contribution in [0.4, 0.5) is 0 Å². The maximum Gasteiger partial charge on any atom is 0.0693 e. The molecule has 0 aliphatic carbocycles. The van der Waals surface area contributed by atoms with Crippen molar-refractivity contribution in [1.82, 2.24) is 0 Å². The van der Waals surface area contributed by atoms with Crippen LogP contribution in [0, 0.1) is 0 Å². The Morgan fingerprint density at radius 2 is 2.21 bits per heavy atom. The van der Waals surface area contributed by atoms with Crippen molar-refractivity contribution in [3.05, 3.63) is 39.9 Å². The summed E-state index contributed by atoms with van der Waals surface area (Å²) in [5.74, 6) is 0.861. The zero-order chi connectivity index (χ0) is 10.4. The monoisotopic (exact) mass is 272 g/mol. The molecule has 0 radical (unpaired) electrons. The smallest absolute Gasteiger partial charge is 0.0693 e. The number of halogens is 1. The standard InChI is InChI=1S/C11H13BrOS/c12-11-5-4-9(3-1-2-6-14)7-10(11)8-13/h1,3-5,7,13-14H,2,6,8H2. The van der Waals surface area contributed by atoms with Gasteiger partial charge in [-0.2, -0.15) is 12.6 Å². The van der Waals surface area contributed by atoms with E-state index in [0.29, 0.717) is 0 Å². The molecule has 1 nitrogen and oxygen atoms in total. The van der Waals surface area contributed by atoms with Gasteiger partial charge in [0.25, 0.3) is 0 Å². The predicted molar refractivity (Wildman–Crippen MR) is 67.6 cm³/mol. The molecular formula is C11H13BrOS. The number of thiol groups is 1. The summed E-state index contributed by atoms with van der Waals surface area (Å²) in [5, 5.41) is 9.05. The Hall–Kier alpha value is -0.250. The van der Waals surface area contributed by atoms with Crippen molar-refractivity contribution in [3.63, 3.8) is 0 Å². The van der Waals surface area contributed by atoms with Gasteiger partial charge >= 0.3 is 0 Å². The number of hydrogen-bond acceptors (Lipinski definition) is 2. The Morgan fingerprint density at radius 1 is 1.43 bits per heavy atom. The maximum absolute atomic E-state index is 9.05. The van der Waals surface area contributed by atoms with E-state index in [1.165, 1.54) is 0 Å². The summed E-state index contributed by atoms with van der Waals surface area (Å²) in [6, 6.07) is 5.93. The molecule has 1 rings (SSSR count). The van der Waals surface area contributed by atoms with Crippen LogP contribution in [0.5, 0.6) is 0 Å². The molecule has 0 amide bonds. The van der Waals surface area contributed by atoms with Crippen LogP contribution in [0.1, 0.15) is 17.5 Å². The summed E-state index contributed by atoms with van der Waals surface area (Å²) >= 11 is 7.50. The number of rotatable bonds is 4. The molecule has 0 saturated carbocycles. The van der Waals surface area contributed by atoms with Crippen LogP contribution in [0.25, 0.3) is 6.08 Å². The average Bonchev–Trinajstić information content (AvgIpc) is 2.21. The molecule has 1 aromatic carbocycles. The highest BCUT2D eigenvalue weighted by Gasteiger charge is 1.97. The van der Waals surface area contributed by atoms with Crippen LogP contribution >= 0.6 is 28.6 Å². The molecular weight excluding hydrogens is 260 g/mol. The third-order valence-corrected chi connectivity index (χ3v) is 2.88. The third kappa shape index (κ3) is 3.48. The van der Waals surface area contributed by atoms with Crippen LogP contribution in [0.3, 0.4) is 0 Å². The van der Waals surface area contributed by atoms with Gasteiger partial charge in [0.15, 0.2) is 0 Å². The SMILES string of the molecule is OCc1cc(C=CCCS)ccc1Br. The van der Waals surface area contributed by atoms with Gasteiger partial charge in [-0.05, 0) is 35.4 Å². The number of allylic oxidation sites excluding steroid dienone is 1. The van der Waals surface area contributed by atoms with E-state index in [-0.39, 0.29) is 6.61 Å². The van der Waals surface area contributed by atoms with Crippen LogP contribution < -0.4 is 0 Å². The fraction of sp³-hybridized carbons (Fsp3) is 0.273. The Kier molecular flexibility index (Phi) is 5.30. The number of aliphatic hydroxyl groups is 1.